The number of hydrogen-bond donors (Lipinski definition) is 0. The van der Waals surface area contributed by atoms with Crippen molar-refractivity contribution < 1.29 is 9.47 Å². The van der Waals surface area contributed by atoms with E-state index in [9.17, 15) is 0 Å². The molecule has 1 aromatic rings. The molecule has 0 N–H and O–H groups in total. The molecule has 1 fully saturated rings. The maximum Gasteiger partial charge on any atom is 0.152 e. The minimum absolute atomic E-state index is 0.0908. The van der Waals surface area contributed by atoms with E-state index >= 15 is 0 Å². The maximum atomic E-state index is 5.56. The summed E-state index contributed by atoms with van der Waals surface area (Å²) >= 11 is 6.61. The summed E-state index contributed by atoms with van der Waals surface area (Å²) in [5, 5.41) is 0. The van der Waals surface area contributed by atoms with Crippen LogP contribution in [0.5, 0.6) is 5.75 Å². The Morgan fingerprint density at radius 2 is 2.29 bits per heavy atom. The standard InChI is InChI=1S/C9H9Br2NO2/c1-9(5-14-9)4-13-6-2-3-7(10)12-8(6)11/h2-3H,4-5H2,1H3. The van der Waals surface area contributed by atoms with Crippen LogP contribution in [0.4, 0.5) is 0 Å². The molecule has 76 valence electrons. The molecular weight excluding hydrogens is 314 g/mol. The highest BCUT2D eigenvalue weighted by atomic mass is 79.9. The zero-order chi connectivity index (χ0) is 10.2. The molecule has 0 bridgehead atoms. The van der Waals surface area contributed by atoms with Crippen LogP contribution in [-0.2, 0) is 4.74 Å². The summed E-state index contributed by atoms with van der Waals surface area (Å²) in [5.74, 6) is 0.741. The average Bonchev–Trinajstić information content (AvgIpc) is 2.83. The van der Waals surface area contributed by atoms with Crippen LogP contribution in [0.3, 0.4) is 0 Å². The second-order valence-electron chi connectivity index (χ2n) is 3.45. The van der Waals surface area contributed by atoms with Crippen LogP contribution in [0.15, 0.2) is 21.3 Å². The minimum Gasteiger partial charge on any atom is -0.488 e. The number of halogens is 2. The quantitative estimate of drug-likeness (QED) is 0.634. The lowest BCUT2D eigenvalue weighted by molar-refractivity contribution is 0.201. The summed E-state index contributed by atoms with van der Waals surface area (Å²) in [4.78, 5) is 4.16. The Labute approximate surface area is 99.1 Å². The van der Waals surface area contributed by atoms with Gasteiger partial charge in [0.25, 0.3) is 0 Å². The van der Waals surface area contributed by atoms with Crippen LogP contribution in [0, 0.1) is 0 Å². The van der Waals surface area contributed by atoms with Gasteiger partial charge in [-0.25, -0.2) is 4.98 Å². The van der Waals surface area contributed by atoms with Crippen molar-refractivity contribution in [3.8, 4) is 5.75 Å². The summed E-state index contributed by atoms with van der Waals surface area (Å²) in [5.41, 5.74) is -0.0908. The lowest BCUT2D eigenvalue weighted by Crippen LogP contribution is -2.17. The zero-order valence-electron chi connectivity index (χ0n) is 7.59. The van der Waals surface area contributed by atoms with Gasteiger partial charge < -0.3 is 9.47 Å². The van der Waals surface area contributed by atoms with Crippen molar-refractivity contribution in [2.24, 2.45) is 0 Å². The summed E-state index contributed by atoms with van der Waals surface area (Å²) < 4.78 is 12.3. The molecule has 0 saturated carbocycles. The van der Waals surface area contributed by atoms with Gasteiger partial charge in [-0.05, 0) is 50.9 Å². The number of nitrogens with zero attached hydrogens (tertiary/aromatic N) is 1. The van der Waals surface area contributed by atoms with Gasteiger partial charge in [0.1, 0.15) is 21.4 Å². The van der Waals surface area contributed by atoms with Crippen molar-refractivity contribution >= 4 is 31.9 Å². The van der Waals surface area contributed by atoms with Crippen LogP contribution < -0.4 is 4.74 Å². The number of epoxide rings is 1. The molecule has 1 saturated heterocycles. The third kappa shape index (κ3) is 2.46. The second-order valence-corrected chi connectivity index (χ2v) is 5.01. The first kappa shape index (κ1) is 10.4. The molecule has 0 spiro atoms. The Morgan fingerprint density at radius 3 is 2.86 bits per heavy atom. The number of hydrogen-bond acceptors (Lipinski definition) is 3. The van der Waals surface area contributed by atoms with Crippen LogP contribution in [0.1, 0.15) is 6.92 Å². The lowest BCUT2D eigenvalue weighted by atomic mass is 10.2. The number of aromatic nitrogens is 1. The van der Waals surface area contributed by atoms with E-state index in [2.05, 4.69) is 36.8 Å². The summed E-state index contributed by atoms with van der Waals surface area (Å²) in [6.45, 7) is 3.36. The Kier molecular flexibility index (Phi) is 2.81. The molecule has 5 heteroatoms. The highest BCUT2D eigenvalue weighted by Crippen LogP contribution is 2.30. The van der Waals surface area contributed by atoms with Crippen molar-refractivity contribution in [3.63, 3.8) is 0 Å². The first-order valence-corrected chi connectivity index (χ1v) is 5.76. The Balaban J connectivity index is 2.02. The van der Waals surface area contributed by atoms with E-state index in [0.29, 0.717) is 11.2 Å². The fraction of sp³-hybridized carbons (Fsp3) is 0.444. The fourth-order valence-corrected chi connectivity index (χ4v) is 1.93. The molecule has 1 unspecified atom stereocenters. The number of ether oxygens (including phenoxy) is 2. The predicted molar refractivity (Wildman–Crippen MR) is 59.5 cm³/mol. The molecule has 0 aromatic carbocycles. The van der Waals surface area contributed by atoms with Crippen molar-refractivity contribution in [2.45, 2.75) is 12.5 Å². The molecule has 0 radical (unpaired) electrons. The van der Waals surface area contributed by atoms with E-state index in [-0.39, 0.29) is 5.60 Å². The van der Waals surface area contributed by atoms with Crippen molar-refractivity contribution in [1.29, 1.82) is 0 Å². The molecule has 0 aliphatic carbocycles. The van der Waals surface area contributed by atoms with Crippen molar-refractivity contribution in [1.82, 2.24) is 4.98 Å². The fourth-order valence-electron chi connectivity index (χ4n) is 0.944. The van der Waals surface area contributed by atoms with E-state index < -0.39 is 0 Å². The SMILES string of the molecule is CC1(COc2ccc(Br)nc2Br)CO1. The molecule has 1 atom stereocenters. The van der Waals surface area contributed by atoms with Gasteiger partial charge >= 0.3 is 0 Å². The summed E-state index contributed by atoms with van der Waals surface area (Å²) in [7, 11) is 0. The third-order valence-electron chi connectivity index (χ3n) is 1.95. The highest BCUT2D eigenvalue weighted by Gasteiger charge is 2.40. The normalized spacial score (nSPS) is 24.8. The molecule has 1 aromatic heterocycles. The average molecular weight is 323 g/mol. The first-order valence-electron chi connectivity index (χ1n) is 4.18. The van der Waals surface area contributed by atoms with E-state index in [4.69, 9.17) is 9.47 Å². The molecule has 3 nitrogen and oxygen atoms in total. The van der Waals surface area contributed by atoms with Gasteiger partial charge in [-0.15, -0.1) is 0 Å². The van der Waals surface area contributed by atoms with Gasteiger partial charge in [0.15, 0.2) is 5.75 Å². The number of rotatable bonds is 3. The summed E-state index contributed by atoms with van der Waals surface area (Å²) in [6, 6.07) is 3.71. The van der Waals surface area contributed by atoms with Crippen LogP contribution in [0.25, 0.3) is 0 Å². The van der Waals surface area contributed by atoms with E-state index in [1.54, 1.807) is 0 Å². The molecule has 1 aliphatic rings. The first-order chi connectivity index (χ1) is 6.59. The monoisotopic (exact) mass is 321 g/mol. The van der Waals surface area contributed by atoms with E-state index in [0.717, 1.165) is 17.0 Å². The van der Waals surface area contributed by atoms with Gasteiger partial charge in [-0.3, -0.25) is 0 Å². The third-order valence-corrected chi connectivity index (χ3v) is 2.96. The lowest BCUT2D eigenvalue weighted by Gasteiger charge is -2.09. The highest BCUT2D eigenvalue weighted by molar-refractivity contribution is 9.11. The molecule has 2 heterocycles. The molecular formula is C9H9Br2NO2. The second kappa shape index (κ2) is 3.79. The summed E-state index contributed by atoms with van der Waals surface area (Å²) in [6.07, 6.45) is 0. The van der Waals surface area contributed by atoms with Crippen molar-refractivity contribution in [2.75, 3.05) is 13.2 Å². The molecule has 1 aliphatic heterocycles. The smallest absolute Gasteiger partial charge is 0.152 e. The Morgan fingerprint density at radius 1 is 1.57 bits per heavy atom. The van der Waals surface area contributed by atoms with Crippen LogP contribution in [-0.4, -0.2) is 23.8 Å². The predicted octanol–water partition coefficient (Wildman–Crippen LogP) is 2.77. The van der Waals surface area contributed by atoms with Crippen LogP contribution in [0.2, 0.25) is 0 Å². The molecule has 2 rings (SSSR count). The zero-order valence-corrected chi connectivity index (χ0v) is 10.8. The molecule has 0 amide bonds. The van der Waals surface area contributed by atoms with Gasteiger partial charge in [0, 0.05) is 0 Å². The molecule has 14 heavy (non-hydrogen) atoms. The van der Waals surface area contributed by atoms with Gasteiger partial charge in [0.2, 0.25) is 0 Å². The van der Waals surface area contributed by atoms with E-state index in [1.165, 1.54) is 0 Å². The number of pyridine rings is 1. The van der Waals surface area contributed by atoms with Crippen molar-refractivity contribution in [3.05, 3.63) is 21.3 Å². The largest absolute Gasteiger partial charge is 0.488 e. The minimum atomic E-state index is -0.0908. The van der Waals surface area contributed by atoms with Gasteiger partial charge in [0.05, 0.1) is 6.61 Å². The van der Waals surface area contributed by atoms with E-state index in [1.807, 2.05) is 19.1 Å². The Hall–Kier alpha value is -0.130. The topological polar surface area (TPSA) is 34.6 Å². The Bertz CT molecular complexity index is 353. The van der Waals surface area contributed by atoms with Crippen LogP contribution >= 0.6 is 31.9 Å². The van der Waals surface area contributed by atoms with Gasteiger partial charge in [-0.1, -0.05) is 0 Å². The maximum absolute atomic E-state index is 5.56. The van der Waals surface area contributed by atoms with Gasteiger partial charge in [-0.2, -0.15) is 0 Å².